The van der Waals surface area contributed by atoms with Crippen molar-refractivity contribution >= 4 is 36.3 Å². The topological polar surface area (TPSA) is 171 Å². The van der Waals surface area contributed by atoms with Gasteiger partial charge in [0.05, 0.1) is 12.1 Å². The number of aliphatic hydroxyl groups is 1. The Hall–Kier alpha value is -1.85. The predicted octanol–water partition coefficient (Wildman–Crippen LogP) is -1.13. The summed E-state index contributed by atoms with van der Waals surface area (Å²) in [5.41, 5.74) is 5.86. The minimum Gasteiger partial charge on any atom is -0.480 e. The van der Waals surface area contributed by atoms with Gasteiger partial charge in [-0.25, -0.2) is 4.79 Å². The van der Waals surface area contributed by atoms with Gasteiger partial charge in [-0.1, -0.05) is 34.1 Å². The van der Waals surface area contributed by atoms with Crippen LogP contribution in [-0.2, 0) is 19.2 Å². The highest BCUT2D eigenvalue weighted by atomic mass is 32.1. The van der Waals surface area contributed by atoms with E-state index in [9.17, 15) is 29.4 Å². The van der Waals surface area contributed by atoms with Crippen molar-refractivity contribution in [3.8, 4) is 0 Å². The van der Waals surface area contributed by atoms with E-state index < -0.39 is 59.9 Å². The second kappa shape index (κ2) is 12.7. The summed E-state index contributed by atoms with van der Waals surface area (Å²) in [4.78, 5) is 48.5. The summed E-state index contributed by atoms with van der Waals surface area (Å²) in [6, 6.07) is -4.50. The number of rotatable bonds is 12. The number of carbonyl (C=O) groups excluding carboxylic acids is 3. The SMILES string of the molecule is CCC(C)C(N)C(=O)NC(CS)C(=O)NC(C(=O)NC(C(=O)O)C(C)C)C(C)O. The molecule has 7 N–H and O–H groups in total. The minimum absolute atomic E-state index is 0.0668. The standard InChI is InChI=1S/C18H34N4O6S/c1-6-9(4)12(19)16(25)20-11(7-29)15(24)22-14(10(5)23)17(26)21-13(8(2)3)18(27)28/h8-14,23,29H,6-7,19H2,1-5H3,(H,20,25)(H,21,26)(H,22,24)(H,27,28). The van der Waals surface area contributed by atoms with E-state index in [1.54, 1.807) is 20.8 Å². The largest absolute Gasteiger partial charge is 0.480 e. The van der Waals surface area contributed by atoms with E-state index in [-0.39, 0.29) is 11.7 Å². The molecule has 0 saturated heterocycles. The maximum atomic E-state index is 12.5. The predicted molar refractivity (Wildman–Crippen MR) is 111 cm³/mol. The molecule has 0 rings (SSSR count). The molecule has 0 aromatic rings. The molecule has 0 heterocycles. The van der Waals surface area contributed by atoms with Crippen LogP contribution >= 0.6 is 12.6 Å². The smallest absolute Gasteiger partial charge is 0.326 e. The Labute approximate surface area is 176 Å². The summed E-state index contributed by atoms with van der Waals surface area (Å²) in [6.45, 7) is 8.20. The lowest BCUT2D eigenvalue weighted by atomic mass is 9.99. The maximum absolute atomic E-state index is 12.5. The number of aliphatic carboxylic acids is 1. The quantitative estimate of drug-likeness (QED) is 0.190. The molecule has 0 bridgehead atoms. The van der Waals surface area contributed by atoms with Crippen molar-refractivity contribution in [1.29, 1.82) is 0 Å². The molecule has 0 aromatic heterocycles. The van der Waals surface area contributed by atoms with Crippen LogP contribution in [0.1, 0.15) is 41.0 Å². The highest BCUT2D eigenvalue weighted by Gasteiger charge is 2.33. The average molecular weight is 435 g/mol. The third kappa shape index (κ3) is 8.58. The fraction of sp³-hybridized carbons (Fsp3) is 0.778. The van der Waals surface area contributed by atoms with Gasteiger partial charge in [0.15, 0.2) is 0 Å². The Bertz CT molecular complexity index is 587. The Morgan fingerprint density at radius 1 is 0.931 bits per heavy atom. The first-order valence-electron chi connectivity index (χ1n) is 9.55. The highest BCUT2D eigenvalue weighted by molar-refractivity contribution is 7.80. The van der Waals surface area contributed by atoms with Gasteiger partial charge in [-0.2, -0.15) is 12.6 Å². The lowest BCUT2D eigenvalue weighted by Crippen LogP contribution is -2.61. The van der Waals surface area contributed by atoms with Gasteiger partial charge in [0, 0.05) is 5.75 Å². The van der Waals surface area contributed by atoms with E-state index in [2.05, 4.69) is 28.6 Å². The molecule has 0 aliphatic heterocycles. The monoisotopic (exact) mass is 434 g/mol. The van der Waals surface area contributed by atoms with Crippen LogP contribution in [-0.4, -0.2) is 69.9 Å². The number of aliphatic hydroxyl groups excluding tert-OH is 1. The zero-order valence-electron chi connectivity index (χ0n) is 17.5. The number of thiol groups is 1. The number of hydrogen-bond donors (Lipinski definition) is 7. The molecular weight excluding hydrogens is 400 g/mol. The normalized spacial score (nSPS) is 17.4. The van der Waals surface area contributed by atoms with Crippen molar-refractivity contribution in [1.82, 2.24) is 16.0 Å². The third-order valence-corrected chi connectivity index (χ3v) is 5.03. The summed E-state index contributed by atoms with van der Waals surface area (Å²) >= 11 is 4.05. The summed E-state index contributed by atoms with van der Waals surface area (Å²) in [6.07, 6.45) is -0.629. The Morgan fingerprint density at radius 2 is 1.45 bits per heavy atom. The molecule has 6 unspecified atom stereocenters. The average Bonchev–Trinajstić information content (AvgIpc) is 2.65. The number of amides is 3. The van der Waals surface area contributed by atoms with E-state index >= 15 is 0 Å². The zero-order valence-corrected chi connectivity index (χ0v) is 18.4. The number of carbonyl (C=O) groups is 4. The van der Waals surface area contributed by atoms with E-state index in [0.717, 1.165) is 0 Å². The molecule has 0 aliphatic carbocycles. The molecule has 11 heteroatoms. The highest BCUT2D eigenvalue weighted by Crippen LogP contribution is 2.07. The number of carboxylic acids is 1. The van der Waals surface area contributed by atoms with Crippen LogP contribution in [0.4, 0.5) is 0 Å². The molecular formula is C18H34N4O6S. The molecule has 0 fully saturated rings. The van der Waals surface area contributed by atoms with E-state index in [1.165, 1.54) is 6.92 Å². The molecule has 0 aliphatic rings. The number of nitrogens with one attached hydrogen (secondary N) is 3. The van der Waals surface area contributed by atoms with Crippen molar-refractivity contribution in [3.63, 3.8) is 0 Å². The Balaban J connectivity index is 5.21. The Kier molecular flexibility index (Phi) is 11.8. The van der Waals surface area contributed by atoms with Gasteiger partial charge < -0.3 is 31.9 Å². The van der Waals surface area contributed by atoms with Crippen molar-refractivity contribution < 1.29 is 29.4 Å². The van der Waals surface area contributed by atoms with E-state index in [1.807, 2.05) is 6.92 Å². The van der Waals surface area contributed by atoms with Gasteiger partial charge in [-0.15, -0.1) is 0 Å². The van der Waals surface area contributed by atoms with Crippen LogP contribution in [0.25, 0.3) is 0 Å². The molecule has 6 atom stereocenters. The molecule has 0 aromatic carbocycles. The van der Waals surface area contributed by atoms with E-state index in [0.29, 0.717) is 6.42 Å². The number of nitrogens with two attached hydrogens (primary N) is 1. The van der Waals surface area contributed by atoms with Crippen molar-refractivity contribution in [2.75, 3.05) is 5.75 Å². The first-order chi connectivity index (χ1) is 13.4. The van der Waals surface area contributed by atoms with Gasteiger partial charge in [-0.3, -0.25) is 14.4 Å². The third-order valence-electron chi connectivity index (χ3n) is 4.67. The molecule has 0 saturated carbocycles. The zero-order chi connectivity index (χ0) is 22.9. The second-order valence-electron chi connectivity index (χ2n) is 7.45. The summed E-state index contributed by atoms with van der Waals surface area (Å²) in [7, 11) is 0. The second-order valence-corrected chi connectivity index (χ2v) is 7.82. The van der Waals surface area contributed by atoms with Crippen LogP contribution in [0.2, 0.25) is 0 Å². The minimum atomic E-state index is -1.41. The first-order valence-corrected chi connectivity index (χ1v) is 10.2. The van der Waals surface area contributed by atoms with Crippen molar-refractivity contribution in [2.45, 2.75) is 71.3 Å². The lowest BCUT2D eigenvalue weighted by molar-refractivity contribution is -0.144. The van der Waals surface area contributed by atoms with Gasteiger partial charge in [0.1, 0.15) is 18.1 Å². The fourth-order valence-corrected chi connectivity index (χ4v) is 2.65. The molecule has 3 amide bonds. The van der Waals surface area contributed by atoms with Gasteiger partial charge in [-0.05, 0) is 18.8 Å². The summed E-state index contributed by atoms with van der Waals surface area (Å²) in [5, 5.41) is 26.2. The van der Waals surface area contributed by atoms with Crippen LogP contribution in [0.3, 0.4) is 0 Å². The van der Waals surface area contributed by atoms with Crippen molar-refractivity contribution in [3.05, 3.63) is 0 Å². The van der Waals surface area contributed by atoms with Crippen LogP contribution in [0.5, 0.6) is 0 Å². The van der Waals surface area contributed by atoms with Crippen LogP contribution < -0.4 is 21.7 Å². The number of hydrogen-bond acceptors (Lipinski definition) is 7. The summed E-state index contributed by atoms with van der Waals surface area (Å²) < 4.78 is 0. The van der Waals surface area contributed by atoms with E-state index in [4.69, 9.17) is 5.73 Å². The van der Waals surface area contributed by atoms with Crippen LogP contribution in [0, 0.1) is 11.8 Å². The molecule has 0 spiro atoms. The van der Waals surface area contributed by atoms with Gasteiger partial charge >= 0.3 is 5.97 Å². The van der Waals surface area contributed by atoms with Gasteiger partial charge in [0.25, 0.3) is 0 Å². The molecule has 29 heavy (non-hydrogen) atoms. The summed E-state index contributed by atoms with van der Waals surface area (Å²) in [5.74, 6) is -3.94. The van der Waals surface area contributed by atoms with Crippen molar-refractivity contribution in [2.24, 2.45) is 17.6 Å². The molecule has 0 radical (unpaired) electrons. The maximum Gasteiger partial charge on any atom is 0.326 e. The van der Waals surface area contributed by atoms with Crippen LogP contribution in [0.15, 0.2) is 0 Å². The Morgan fingerprint density at radius 3 is 1.83 bits per heavy atom. The lowest BCUT2D eigenvalue weighted by Gasteiger charge is -2.27. The number of carboxylic acid groups (broad SMARTS) is 1. The first kappa shape index (κ1) is 27.1. The molecule has 168 valence electrons. The fourth-order valence-electron chi connectivity index (χ4n) is 2.39. The molecule has 10 nitrogen and oxygen atoms in total. The van der Waals surface area contributed by atoms with Gasteiger partial charge in [0.2, 0.25) is 17.7 Å².